The Bertz CT molecular complexity index is 313. The Morgan fingerprint density at radius 3 is 2.86 bits per heavy atom. The number of carbonyl (C=O) groups is 1. The summed E-state index contributed by atoms with van der Waals surface area (Å²) in [6.07, 6.45) is 2.13. The molecule has 76 valence electrons. The van der Waals surface area contributed by atoms with Crippen LogP contribution >= 0.6 is 15.9 Å². The van der Waals surface area contributed by atoms with Crippen LogP contribution in [-0.2, 0) is 4.79 Å². The van der Waals surface area contributed by atoms with Crippen molar-refractivity contribution in [3.63, 3.8) is 0 Å². The minimum atomic E-state index is -0.851. The summed E-state index contributed by atoms with van der Waals surface area (Å²) in [4.78, 5) is 14.7. The van der Waals surface area contributed by atoms with Gasteiger partial charge in [-0.15, -0.1) is 0 Å². The van der Waals surface area contributed by atoms with Crippen LogP contribution in [0.25, 0.3) is 0 Å². The lowest BCUT2D eigenvalue weighted by atomic mass is 10.2. The second-order valence-electron chi connectivity index (χ2n) is 2.81. The summed E-state index contributed by atoms with van der Waals surface area (Å²) >= 11 is 3.20. The van der Waals surface area contributed by atoms with Crippen LogP contribution in [0.1, 0.15) is 13.3 Å². The highest BCUT2D eigenvalue weighted by Crippen LogP contribution is 2.12. The van der Waals surface area contributed by atoms with Crippen molar-refractivity contribution >= 4 is 27.6 Å². The van der Waals surface area contributed by atoms with Gasteiger partial charge in [-0.2, -0.15) is 0 Å². The zero-order valence-corrected chi connectivity index (χ0v) is 9.28. The van der Waals surface area contributed by atoms with Gasteiger partial charge in [0.05, 0.1) is 11.9 Å². The largest absolute Gasteiger partial charge is 0.480 e. The van der Waals surface area contributed by atoms with E-state index in [0.29, 0.717) is 12.1 Å². The molecule has 1 heterocycles. The van der Waals surface area contributed by atoms with E-state index in [-0.39, 0.29) is 0 Å². The van der Waals surface area contributed by atoms with Crippen LogP contribution < -0.4 is 5.32 Å². The van der Waals surface area contributed by atoms with Crippen LogP contribution in [0.3, 0.4) is 0 Å². The van der Waals surface area contributed by atoms with Crippen molar-refractivity contribution in [2.75, 3.05) is 5.32 Å². The first-order valence-corrected chi connectivity index (χ1v) is 5.03. The Hall–Kier alpha value is -1.10. The molecule has 0 amide bonds. The monoisotopic (exact) mass is 258 g/mol. The second-order valence-corrected chi connectivity index (χ2v) is 3.63. The third kappa shape index (κ3) is 2.99. The molecule has 0 aliphatic carbocycles. The fraction of sp³-hybridized carbons (Fsp3) is 0.333. The highest BCUT2D eigenvalue weighted by atomic mass is 79.9. The molecule has 1 atom stereocenters. The van der Waals surface area contributed by atoms with Gasteiger partial charge in [0.15, 0.2) is 0 Å². The number of aromatic nitrogens is 1. The van der Waals surface area contributed by atoms with Gasteiger partial charge in [-0.3, -0.25) is 0 Å². The molecule has 5 heteroatoms. The number of anilines is 1. The van der Waals surface area contributed by atoms with Gasteiger partial charge in [0.25, 0.3) is 0 Å². The van der Waals surface area contributed by atoms with Gasteiger partial charge in [-0.25, -0.2) is 9.78 Å². The van der Waals surface area contributed by atoms with E-state index < -0.39 is 12.0 Å². The molecule has 2 N–H and O–H groups in total. The van der Waals surface area contributed by atoms with Gasteiger partial charge < -0.3 is 10.4 Å². The average molecular weight is 259 g/mol. The molecule has 0 spiro atoms. The Morgan fingerprint density at radius 2 is 2.43 bits per heavy atom. The molecule has 0 fully saturated rings. The quantitative estimate of drug-likeness (QED) is 0.813. The number of halogens is 1. The maximum absolute atomic E-state index is 10.7. The predicted octanol–water partition coefficient (Wildman–Crippen LogP) is 2.12. The number of hydrogen-bond donors (Lipinski definition) is 2. The first-order chi connectivity index (χ1) is 6.63. The molecular weight excluding hydrogens is 248 g/mol. The SMILES string of the molecule is CCC(Nc1ccc(Br)nc1)C(=O)O. The predicted molar refractivity (Wildman–Crippen MR) is 57.3 cm³/mol. The van der Waals surface area contributed by atoms with Crippen LogP contribution in [0.15, 0.2) is 22.9 Å². The molecule has 1 rings (SSSR count). The number of carboxylic acid groups (broad SMARTS) is 1. The zero-order valence-electron chi connectivity index (χ0n) is 7.70. The van der Waals surface area contributed by atoms with E-state index in [2.05, 4.69) is 26.2 Å². The van der Waals surface area contributed by atoms with Crippen molar-refractivity contribution in [3.05, 3.63) is 22.9 Å². The van der Waals surface area contributed by atoms with Crippen molar-refractivity contribution in [1.29, 1.82) is 0 Å². The smallest absolute Gasteiger partial charge is 0.326 e. The van der Waals surface area contributed by atoms with Crippen LogP contribution in [-0.4, -0.2) is 22.1 Å². The summed E-state index contributed by atoms with van der Waals surface area (Å²) < 4.78 is 0.728. The standard InChI is InChI=1S/C9H11BrN2O2/c1-2-7(9(13)14)12-6-3-4-8(10)11-5-6/h3-5,7,12H,2H2,1H3,(H,13,14). The third-order valence-corrected chi connectivity index (χ3v) is 2.24. The molecule has 0 saturated carbocycles. The topological polar surface area (TPSA) is 62.2 Å². The average Bonchev–Trinajstić information content (AvgIpc) is 2.16. The number of nitrogens with zero attached hydrogens (tertiary/aromatic N) is 1. The number of carboxylic acids is 1. The molecular formula is C9H11BrN2O2. The zero-order chi connectivity index (χ0) is 10.6. The first-order valence-electron chi connectivity index (χ1n) is 4.24. The number of nitrogens with one attached hydrogen (secondary N) is 1. The maximum atomic E-state index is 10.7. The molecule has 1 aromatic heterocycles. The molecule has 1 aromatic rings. The minimum Gasteiger partial charge on any atom is -0.480 e. The molecule has 14 heavy (non-hydrogen) atoms. The number of rotatable bonds is 4. The third-order valence-electron chi connectivity index (χ3n) is 1.77. The van der Waals surface area contributed by atoms with Gasteiger partial charge in [0, 0.05) is 0 Å². The van der Waals surface area contributed by atoms with Crippen molar-refractivity contribution in [3.8, 4) is 0 Å². The minimum absolute atomic E-state index is 0.533. The lowest BCUT2D eigenvalue weighted by Crippen LogP contribution is -2.28. The van der Waals surface area contributed by atoms with E-state index in [1.165, 1.54) is 0 Å². The number of aliphatic carboxylic acids is 1. The van der Waals surface area contributed by atoms with E-state index >= 15 is 0 Å². The Labute approximate surface area is 90.5 Å². The lowest BCUT2D eigenvalue weighted by Gasteiger charge is -2.12. The molecule has 0 aromatic carbocycles. The van der Waals surface area contributed by atoms with E-state index in [1.54, 1.807) is 18.3 Å². The Morgan fingerprint density at radius 1 is 1.71 bits per heavy atom. The molecule has 0 bridgehead atoms. The van der Waals surface area contributed by atoms with Crippen molar-refractivity contribution < 1.29 is 9.90 Å². The van der Waals surface area contributed by atoms with E-state index in [1.807, 2.05) is 6.92 Å². The van der Waals surface area contributed by atoms with Crippen molar-refractivity contribution in [2.45, 2.75) is 19.4 Å². The number of hydrogen-bond acceptors (Lipinski definition) is 3. The summed E-state index contributed by atoms with van der Waals surface area (Å²) in [7, 11) is 0. The van der Waals surface area contributed by atoms with Gasteiger partial charge in [0.2, 0.25) is 0 Å². The summed E-state index contributed by atoms with van der Waals surface area (Å²) in [6.45, 7) is 1.82. The summed E-state index contributed by atoms with van der Waals surface area (Å²) in [5.74, 6) is -0.851. The van der Waals surface area contributed by atoms with Crippen LogP contribution in [0, 0.1) is 0 Å². The number of pyridine rings is 1. The van der Waals surface area contributed by atoms with E-state index in [9.17, 15) is 4.79 Å². The fourth-order valence-electron chi connectivity index (χ4n) is 1.00. The molecule has 4 nitrogen and oxygen atoms in total. The molecule has 1 unspecified atom stereocenters. The van der Waals surface area contributed by atoms with Gasteiger partial charge in [-0.1, -0.05) is 6.92 Å². The van der Waals surface area contributed by atoms with Crippen LogP contribution in [0.2, 0.25) is 0 Å². The first kappa shape index (κ1) is 11.0. The van der Waals surface area contributed by atoms with Crippen molar-refractivity contribution in [1.82, 2.24) is 4.98 Å². The summed E-state index contributed by atoms with van der Waals surface area (Å²) in [5, 5.41) is 11.7. The Kier molecular flexibility index (Phi) is 3.88. The highest BCUT2D eigenvalue weighted by molar-refractivity contribution is 9.10. The molecule has 0 aliphatic rings. The van der Waals surface area contributed by atoms with Gasteiger partial charge in [-0.05, 0) is 34.5 Å². The van der Waals surface area contributed by atoms with Gasteiger partial charge >= 0.3 is 5.97 Å². The fourth-order valence-corrected chi connectivity index (χ4v) is 1.24. The summed E-state index contributed by atoms with van der Waals surface area (Å²) in [5.41, 5.74) is 0.711. The highest BCUT2D eigenvalue weighted by Gasteiger charge is 2.13. The van der Waals surface area contributed by atoms with E-state index in [4.69, 9.17) is 5.11 Å². The van der Waals surface area contributed by atoms with Crippen molar-refractivity contribution in [2.24, 2.45) is 0 Å². The molecule has 0 saturated heterocycles. The van der Waals surface area contributed by atoms with Crippen LogP contribution in [0.4, 0.5) is 5.69 Å². The normalized spacial score (nSPS) is 12.1. The van der Waals surface area contributed by atoms with E-state index in [0.717, 1.165) is 4.60 Å². The van der Waals surface area contributed by atoms with Crippen LogP contribution in [0.5, 0.6) is 0 Å². The van der Waals surface area contributed by atoms with Gasteiger partial charge in [0.1, 0.15) is 10.6 Å². The maximum Gasteiger partial charge on any atom is 0.326 e. The Balaban J connectivity index is 2.67. The molecule has 0 radical (unpaired) electrons. The molecule has 0 aliphatic heterocycles. The summed E-state index contributed by atoms with van der Waals surface area (Å²) in [6, 6.07) is 2.98. The lowest BCUT2D eigenvalue weighted by molar-refractivity contribution is -0.137. The second kappa shape index (κ2) is 4.95.